The van der Waals surface area contributed by atoms with Gasteiger partial charge in [-0.25, -0.2) is 9.97 Å². The number of benzene rings is 1. The van der Waals surface area contributed by atoms with Crippen LogP contribution in [0.5, 0.6) is 0 Å². The van der Waals surface area contributed by atoms with Gasteiger partial charge < -0.3 is 22.1 Å². The molecule has 0 spiro atoms. The van der Waals surface area contributed by atoms with Crippen molar-refractivity contribution in [2.24, 2.45) is 17.4 Å². The van der Waals surface area contributed by atoms with E-state index in [4.69, 9.17) is 11.5 Å². The Hall–Kier alpha value is -3.75. The van der Waals surface area contributed by atoms with Gasteiger partial charge in [-0.3, -0.25) is 14.6 Å². The van der Waals surface area contributed by atoms with Crippen LogP contribution in [0.3, 0.4) is 0 Å². The van der Waals surface area contributed by atoms with E-state index in [1.165, 1.54) is 6.20 Å². The highest BCUT2D eigenvalue weighted by atomic mass is 16.1. The third-order valence-electron chi connectivity index (χ3n) is 4.61. The van der Waals surface area contributed by atoms with Crippen LogP contribution in [-0.2, 0) is 4.79 Å². The number of nitrogens with zero attached hydrogens (tertiary/aromatic N) is 3. The molecule has 2 heterocycles. The Bertz CT molecular complexity index is 1070. The summed E-state index contributed by atoms with van der Waals surface area (Å²) in [7, 11) is 0. The third-order valence-corrected chi connectivity index (χ3v) is 4.61. The summed E-state index contributed by atoms with van der Waals surface area (Å²) in [5.74, 6) is -0.417. The Morgan fingerprint density at radius 3 is 2.64 bits per heavy atom. The number of aromatic nitrogens is 3. The van der Waals surface area contributed by atoms with Gasteiger partial charge >= 0.3 is 0 Å². The molecule has 4 rings (SSSR count). The molecule has 2 amide bonds. The van der Waals surface area contributed by atoms with Gasteiger partial charge in [0.05, 0.1) is 6.20 Å². The van der Waals surface area contributed by atoms with Gasteiger partial charge in [-0.05, 0) is 42.3 Å². The normalized spacial score (nSPS) is 14.4. The van der Waals surface area contributed by atoms with E-state index in [-0.39, 0.29) is 17.4 Å². The quantitative estimate of drug-likeness (QED) is 0.488. The number of nitrogens with one attached hydrogen (secondary N) is 2. The highest BCUT2D eigenvalue weighted by Crippen LogP contribution is 2.34. The zero-order chi connectivity index (χ0) is 19.7. The van der Waals surface area contributed by atoms with Gasteiger partial charge in [0.1, 0.15) is 11.9 Å². The summed E-state index contributed by atoms with van der Waals surface area (Å²) in [5, 5.41) is 8.06. The van der Waals surface area contributed by atoms with Crippen LogP contribution in [0.1, 0.15) is 23.3 Å². The molecule has 1 fully saturated rings. The molecule has 0 saturated heterocycles. The van der Waals surface area contributed by atoms with E-state index in [0.29, 0.717) is 11.5 Å². The number of fused-ring (bicyclic) bond motifs is 1. The van der Waals surface area contributed by atoms with Crippen LogP contribution in [0.2, 0.25) is 0 Å². The molecule has 2 aromatic heterocycles. The van der Waals surface area contributed by atoms with Crippen molar-refractivity contribution < 1.29 is 9.59 Å². The number of primary amides is 2. The largest absolute Gasteiger partial charge is 0.368 e. The minimum Gasteiger partial charge on any atom is -0.368 e. The molecule has 1 saturated carbocycles. The first-order valence-electron chi connectivity index (χ1n) is 8.85. The maximum absolute atomic E-state index is 11.8. The number of carbonyl (C=O) groups is 2. The van der Waals surface area contributed by atoms with Crippen LogP contribution in [0.4, 0.5) is 17.3 Å². The van der Waals surface area contributed by atoms with Crippen LogP contribution in [0, 0.1) is 5.92 Å². The van der Waals surface area contributed by atoms with Crippen LogP contribution < -0.4 is 22.1 Å². The Labute approximate surface area is 160 Å². The summed E-state index contributed by atoms with van der Waals surface area (Å²) in [6.45, 7) is 0. The maximum Gasteiger partial charge on any atom is 0.271 e. The van der Waals surface area contributed by atoms with Crippen molar-refractivity contribution in [2.45, 2.75) is 18.9 Å². The zero-order valence-electron chi connectivity index (χ0n) is 14.9. The van der Waals surface area contributed by atoms with E-state index >= 15 is 0 Å². The molecule has 0 radical (unpaired) electrons. The van der Waals surface area contributed by atoms with Crippen LogP contribution >= 0.6 is 0 Å². The van der Waals surface area contributed by atoms with Crippen LogP contribution in [0.25, 0.3) is 10.8 Å². The van der Waals surface area contributed by atoms with E-state index in [1.54, 1.807) is 12.4 Å². The fraction of sp³-hybridized carbons (Fsp3) is 0.211. The second-order valence-corrected chi connectivity index (χ2v) is 6.74. The first-order valence-corrected chi connectivity index (χ1v) is 8.85. The van der Waals surface area contributed by atoms with Gasteiger partial charge in [-0.1, -0.05) is 6.07 Å². The number of nitrogens with two attached hydrogens (primary N) is 2. The minimum absolute atomic E-state index is 0.00224. The van der Waals surface area contributed by atoms with Gasteiger partial charge in [0.2, 0.25) is 5.91 Å². The SMILES string of the molecule is NC(=O)c1ncc(N[C@@H](C(N)=O)C2CC2)nc1Nc1ccc2cnccc2c1. The molecule has 0 bridgehead atoms. The number of hydrogen-bond donors (Lipinski definition) is 4. The van der Waals surface area contributed by atoms with Crippen molar-refractivity contribution >= 4 is 39.9 Å². The Balaban J connectivity index is 1.65. The van der Waals surface area contributed by atoms with Crippen molar-refractivity contribution in [1.82, 2.24) is 15.0 Å². The lowest BCUT2D eigenvalue weighted by Crippen LogP contribution is -2.37. The summed E-state index contributed by atoms with van der Waals surface area (Å²) < 4.78 is 0. The van der Waals surface area contributed by atoms with Crippen molar-refractivity contribution in [1.29, 1.82) is 0 Å². The lowest BCUT2D eigenvalue weighted by atomic mass is 10.1. The Kier molecular flexibility index (Phi) is 4.48. The van der Waals surface area contributed by atoms with Gasteiger partial charge in [-0.15, -0.1) is 0 Å². The molecule has 142 valence electrons. The molecule has 28 heavy (non-hydrogen) atoms. The molecule has 6 N–H and O–H groups in total. The number of anilines is 3. The lowest BCUT2D eigenvalue weighted by Gasteiger charge is -2.16. The number of carbonyl (C=O) groups excluding carboxylic acids is 2. The molecule has 1 aliphatic rings. The number of amides is 2. The summed E-state index contributed by atoms with van der Waals surface area (Å²) in [5.41, 5.74) is 11.6. The van der Waals surface area contributed by atoms with Crippen LogP contribution in [0.15, 0.2) is 42.9 Å². The highest BCUT2D eigenvalue weighted by molar-refractivity contribution is 5.97. The van der Waals surface area contributed by atoms with Crippen molar-refractivity contribution in [3.8, 4) is 0 Å². The van der Waals surface area contributed by atoms with Gasteiger partial charge in [0.15, 0.2) is 11.5 Å². The molecular weight excluding hydrogens is 358 g/mol. The molecule has 1 aliphatic carbocycles. The Morgan fingerprint density at radius 1 is 1.11 bits per heavy atom. The number of hydrogen-bond acceptors (Lipinski definition) is 7. The molecule has 9 heteroatoms. The van der Waals surface area contributed by atoms with Crippen molar-refractivity contribution in [3.05, 3.63) is 48.5 Å². The van der Waals surface area contributed by atoms with E-state index in [1.807, 2.05) is 24.3 Å². The molecular formula is C19H19N7O2. The maximum atomic E-state index is 11.8. The lowest BCUT2D eigenvalue weighted by molar-refractivity contribution is -0.119. The zero-order valence-corrected chi connectivity index (χ0v) is 14.9. The standard InChI is InChI=1S/C19H19N7O2/c20-17(27)15(10-1-2-10)25-14-9-23-16(18(21)28)19(26-14)24-13-4-3-12-8-22-6-5-11(12)7-13/h3-10,15H,1-2H2,(H2,20,27)(H2,21,28)(H2,24,25,26)/t15-/m1/s1. The summed E-state index contributed by atoms with van der Waals surface area (Å²) in [6.07, 6.45) is 6.71. The van der Waals surface area contributed by atoms with E-state index in [2.05, 4.69) is 25.6 Å². The second kappa shape index (κ2) is 7.10. The second-order valence-electron chi connectivity index (χ2n) is 6.74. The van der Waals surface area contributed by atoms with E-state index in [0.717, 1.165) is 23.6 Å². The molecule has 0 aliphatic heterocycles. The first-order chi connectivity index (χ1) is 13.5. The van der Waals surface area contributed by atoms with Crippen molar-refractivity contribution in [3.63, 3.8) is 0 Å². The number of rotatable bonds is 7. The predicted molar refractivity (Wildman–Crippen MR) is 105 cm³/mol. The summed E-state index contributed by atoms with van der Waals surface area (Å²) in [4.78, 5) is 36.0. The fourth-order valence-electron chi connectivity index (χ4n) is 3.03. The topological polar surface area (TPSA) is 149 Å². The molecule has 1 atom stereocenters. The molecule has 9 nitrogen and oxygen atoms in total. The first kappa shape index (κ1) is 17.7. The average Bonchev–Trinajstić information content (AvgIpc) is 3.51. The van der Waals surface area contributed by atoms with Crippen molar-refractivity contribution in [2.75, 3.05) is 10.6 Å². The van der Waals surface area contributed by atoms with Gasteiger partial charge in [-0.2, -0.15) is 0 Å². The smallest absolute Gasteiger partial charge is 0.271 e. The average molecular weight is 377 g/mol. The Morgan fingerprint density at radius 2 is 1.93 bits per heavy atom. The number of pyridine rings is 1. The predicted octanol–water partition coefficient (Wildman–Crippen LogP) is 1.54. The van der Waals surface area contributed by atoms with Gasteiger partial charge in [0, 0.05) is 23.5 Å². The molecule has 1 aromatic carbocycles. The highest BCUT2D eigenvalue weighted by Gasteiger charge is 2.35. The van der Waals surface area contributed by atoms with E-state index < -0.39 is 17.9 Å². The summed E-state index contributed by atoms with van der Waals surface area (Å²) >= 11 is 0. The molecule has 0 unspecified atom stereocenters. The fourth-order valence-corrected chi connectivity index (χ4v) is 3.03. The van der Waals surface area contributed by atoms with Crippen LogP contribution in [-0.4, -0.2) is 32.8 Å². The van der Waals surface area contributed by atoms with E-state index in [9.17, 15) is 9.59 Å². The minimum atomic E-state index is -0.708. The summed E-state index contributed by atoms with van der Waals surface area (Å²) in [6, 6.07) is 7.01. The monoisotopic (exact) mass is 377 g/mol. The van der Waals surface area contributed by atoms with Gasteiger partial charge in [0.25, 0.3) is 5.91 Å². The molecule has 3 aromatic rings. The third kappa shape index (κ3) is 3.68.